The summed E-state index contributed by atoms with van der Waals surface area (Å²) in [6, 6.07) is 14.0. The first-order valence-electron chi connectivity index (χ1n) is 8.47. The Labute approximate surface area is 148 Å². The molecule has 1 aromatic carbocycles. The van der Waals surface area contributed by atoms with E-state index in [1.54, 1.807) is 24.7 Å². The molecule has 0 bridgehead atoms. The van der Waals surface area contributed by atoms with E-state index in [9.17, 15) is 4.79 Å². The number of aromatic nitrogens is 1. The van der Waals surface area contributed by atoms with Gasteiger partial charge in [0.15, 0.2) is 0 Å². The van der Waals surface area contributed by atoms with E-state index in [0.29, 0.717) is 24.4 Å². The summed E-state index contributed by atoms with van der Waals surface area (Å²) in [6.07, 6.45) is 6.09. The summed E-state index contributed by atoms with van der Waals surface area (Å²) in [5, 5.41) is 0. The number of furan rings is 1. The van der Waals surface area contributed by atoms with Crippen molar-refractivity contribution in [2.24, 2.45) is 0 Å². The van der Waals surface area contributed by atoms with Crippen LogP contribution in [0.25, 0.3) is 0 Å². The summed E-state index contributed by atoms with van der Waals surface area (Å²) in [7, 11) is 0. The molecule has 0 atom stereocenters. The Hall–Kier alpha value is -2.88. The Kier molecular flexibility index (Phi) is 5.29. The summed E-state index contributed by atoms with van der Waals surface area (Å²) >= 11 is 0. The van der Waals surface area contributed by atoms with E-state index in [-0.39, 0.29) is 5.91 Å². The van der Waals surface area contributed by atoms with Crippen LogP contribution < -0.4 is 0 Å². The van der Waals surface area contributed by atoms with E-state index in [1.807, 2.05) is 24.0 Å². The zero-order chi connectivity index (χ0) is 17.6. The second kappa shape index (κ2) is 7.79. The maximum Gasteiger partial charge on any atom is 0.257 e. The molecule has 128 valence electrons. The third-order valence-corrected chi connectivity index (χ3v) is 4.28. The lowest BCUT2D eigenvalue weighted by atomic mass is 10.1. The molecule has 0 radical (unpaired) electrons. The topological polar surface area (TPSA) is 46.3 Å². The highest BCUT2D eigenvalue weighted by atomic mass is 16.3. The zero-order valence-electron chi connectivity index (χ0n) is 14.6. The average molecular weight is 334 g/mol. The number of carbonyl (C=O) groups excluding carboxylic acids is 1. The molecule has 2 aromatic heterocycles. The van der Waals surface area contributed by atoms with Gasteiger partial charge in [0.2, 0.25) is 0 Å². The number of carbonyl (C=O) groups is 1. The lowest BCUT2D eigenvalue weighted by Gasteiger charge is -2.23. The predicted molar refractivity (Wildman–Crippen MR) is 97.1 cm³/mol. The van der Waals surface area contributed by atoms with E-state index in [4.69, 9.17) is 4.42 Å². The summed E-state index contributed by atoms with van der Waals surface area (Å²) < 4.78 is 5.31. The number of nitrogens with zero attached hydrogens (tertiary/aromatic N) is 2. The van der Waals surface area contributed by atoms with Gasteiger partial charge in [0.25, 0.3) is 5.91 Å². The summed E-state index contributed by atoms with van der Waals surface area (Å²) in [4.78, 5) is 19.0. The van der Waals surface area contributed by atoms with Crippen LogP contribution >= 0.6 is 0 Å². The third kappa shape index (κ3) is 4.15. The highest BCUT2D eigenvalue weighted by molar-refractivity contribution is 5.95. The van der Waals surface area contributed by atoms with Crippen LogP contribution in [0.2, 0.25) is 0 Å². The van der Waals surface area contributed by atoms with Gasteiger partial charge in [-0.05, 0) is 42.2 Å². The van der Waals surface area contributed by atoms with Crippen molar-refractivity contribution in [1.82, 2.24) is 9.88 Å². The highest BCUT2D eigenvalue weighted by Crippen LogP contribution is 2.17. The van der Waals surface area contributed by atoms with Crippen LogP contribution in [-0.2, 0) is 19.5 Å². The Bertz CT molecular complexity index is 823. The van der Waals surface area contributed by atoms with Crippen LogP contribution in [-0.4, -0.2) is 15.8 Å². The van der Waals surface area contributed by atoms with Crippen LogP contribution in [0.5, 0.6) is 0 Å². The van der Waals surface area contributed by atoms with Crippen LogP contribution in [0.1, 0.15) is 39.7 Å². The fourth-order valence-electron chi connectivity index (χ4n) is 2.79. The first-order valence-corrected chi connectivity index (χ1v) is 8.47. The molecule has 2 heterocycles. The van der Waals surface area contributed by atoms with Crippen molar-refractivity contribution >= 4 is 5.91 Å². The monoisotopic (exact) mass is 334 g/mol. The van der Waals surface area contributed by atoms with E-state index >= 15 is 0 Å². The van der Waals surface area contributed by atoms with Crippen molar-refractivity contribution in [2.75, 3.05) is 0 Å². The molecule has 0 aliphatic rings. The van der Waals surface area contributed by atoms with E-state index in [1.165, 1.54) is 5.56 Å². The second-order valence-corrected chi connectivity index (χ2v) is 6.08. The number of pyridine rings is 1. The minimum atomic E-state index is -0.0327. The molecule has 4 heteroatoms. The van der Waals surface area contributed by atoms with Gasteiger partial charge in [0.1, 0.15) is 5.76 Å². The summed E-state index contributed by atoms with van der Waals surface area (Å²) in [6.45, 7) is 5.00. The lowest BCUT2D eigenvalue weighted by molar-refractivity contribution is 0.0728. The third-order valence-electron chi connectivity index (χ3n) is 4.28. The maximum absolute atomic E-state index is 13.0. The highest BCUT2D eigenvalue weighted by Gasteiger charge is 2.20. The Balaban J connectivity index is 1.85. The molecule has 0 spiro atoms. The molecule has 25 heavy (non-hydrogen) atoms. The van der Waals surface area contributed by atoms with Gasteiger partial charge in [-0.1, -0.05) is 37.3 Å². The minimum absolute atomic E-state index is 0.0327. The normalized spacial score (nSPS) is 10.6. The number of benzene rings is 1. The van der Waals surface area contributed by atoms with Crippen molar-refractivity contribution < 1.29 is 9.21 Å². The van der Waals surface area contributed by atoms with Gasteiger partial charge in [-0.2, -0.15) is 0 Å². The van der Waals surface area contributed by atoms with Gasteiger partial charge in [0, 0.05) is 25.5 Å². The molecule has 3 aromatic rings. The molecule has 0 saturated carbocycles. The largest absolute Gasteiger partial charge is 0.469 e. The standard InChI is InChI=1S/C21H22N2O2/c1-3-17-6-8-18(9-7-17)14-23(15-19-5-4-11-22-13-19)21(24)20-10-12-25-16(20)2/h4-13H,3,14-15H2,1-2H3. The number of hydrogen-bond donors (Lipinski definition) is 0. The predicted octanol–water partition coefficient (Wildman–Crippen LogP) is 4.39. The lowest BCUT2D eigenvalue weighted by Crippen LogP contribution is -2.30. The van der Waals surface area contributed by atoms with Gasteiger partial charge in [-0.15, -0.1) is 0 Å². The van der Waals surface area contributed by atoms with Crippen molar-refractivity contribution in [3.8, 4) is 0 Å². The molecular weight excluding hydrogens is 312 g/mol. The molecular formula is C21H22N2O2. The molecule has 0 fully saturated rings. The van der Waals surface area contributed by atoms with E-state index < -0.39 is 0 Å². The van der Waals surface area contributed by atoms with Gasteiger partial charge >= 0.3 is 0 Å². The van der Waals surface area contributed by atoms with Crippen molar-refractivity contribution in [3.63, 3.8) is 0 Å². The van der Waals surface area contributed by atoms with Gasteiger partial charge < -0.3 is 9.32 Å². The molecule has 4 nitrogen and oxygen atoms in total. The SMILES string of the molecule is CCc1ccc(CN(Cc2cccnc2)C(=O)c2ccoc2C)cc1. The summed E-state index contributed by atoms with van der Waals surface area (Å²) in [5.74, 6) is 0.609. The fraction of sp³-hybridized carbons (Fsp3) is 0.238. The smallest absolute Gasteiger partial charge is 0.257 e. The Morgan fingerprint density at radius 3 is 2.36 bits per heavy atom. The maximum atomic E-state index is 13.0. The number of amides is 1. The first-order chi connectivity index (χ1) is 12.2. The van der Waals surface area contributed by atoms with Gasteiger partial charge in [-0.3, -0.25) is 9.78 Å². The van der Waals surface area contributed by atoms with E-state index in [2.05, 4.69) is 36.2 Å². The number of aryl methyl sites for hydroxylation is 2. The number of rotatable bonds is 6. The van der Waals surface area contributed by atoms with E-state index in [0.717, 1.165) is 17.5 Å². The first kappa shape index (κ1) is 17.0. The van der Waals surface area contributed by atoms with Crippen molar-refractivity contribution in [1.29, 1.82) is 0 Å². The molecule has 1 amide bonds. The second-order valence-electron chi connectivity index (χ2n) is 6.08. The van der Waals surface area contributed by atoms with Gasteiger partial charge in [-0.25, -0.2) is 0 Å². The Morgan fingerprint density at radius 1 is 1.04 bits per heavy atom. The van der Waals surface area contributed by atoms with Crippen molar-refractivity contribution in [2.45, 2.75) is 33.4 Å². The molecule has 0 unspecified atom stereocenters. The minimum Gasteiger partial charge on any atom is -0.469 e. The molecule has 0 aliphatic carbocycles. The van der Waals surface area contributed by atoms with Crippen LogP contribution in [0, 0.1) is 6.92 Å². The average Bonchev–Trinajstić information content (AvgIpc) is 3.08. The quantitative estimate of drug-likeness (QED) is 0.672. The molecule has 0 N–H and O–H groups in total. The van der Waals surface area contributed by atoms with Crippen LogP contribution in [0.4, 0.5) is 0 Å². The van der Waals surface area contributed by atoms with Crippen LogP contribution in [0.3, 0.4) is 0 Å². The summed E-state index contributed by atoms with van der Waals surface area (Å²) in [5.41, 5.74) is 4.01. The van der Waals surface area contributed by atoms with Crippen molar-refractivity contribution in [3.05, 3.63) is 89.1 Å². The molecule has 0 aliphatic heterocycles. The fourth-order valence-corrected chi connectivity index (χ4v) is 2.79. The van der Waals surface area contributed by atoms with Crippen LogP contribution in [0.15, 0.2) is 65.5 Å². The molecule has 0 saturated heterocycles. The number of hydrogen-bond acceptors (Lipinski definition) is 3. The van der Waals surface area contributed by atoms with Gasteiger partial charge in [0.05, 0.1) is 11.8 Å². The molecule has 3 rings (SSSR count). The Morgan fingerprint density at radius 2 is 1.76 bits per heavy atom. The zero-order valence-corrected chi connectivity index (χ0v) is 14.6.